The molecule has 1 aliphatic heterocycles. The first-order valence-corrected chi connectivity index (χ1v) is 7.65. The Morgan fingerprint density at radius 2 is 2.10 bits per heavy atom. The Morgan fingerprint density at radius 1 is 1.45 bits per heavy atom. The van der Waals surface area contributed by atoms with E-state index in [0.717, 1.165) is 22.1 Å². The number of rotatable bonds is 3. The molecule has 108 valence electrons. The van der Waals surface area contributed by atoms with Gasteiger partial charge in [-0.05, 0) is 35.4 Å². The maximum atomic E-state index is 12.2. The minimum atomic E-state index is -0.436. The number of likely N-dealkylation sites (tertiary alicyclic amines) is 1. The van der Waals surface area contributed by atoms with Crippen molar-refractivity contribution in [1.82, 2.24) is 15.1 Å². The standard InChI is InChI=1S/C13H16IN3O3/c1-13(3-4-13)12(19)17-5-7(6-17)9-8(14)10(16-15-9)11(18)20-2/h7H,3-6H2,1-2H3,(H,15,16). The lowest BCUT2D eigenvalue weighted by Gasteiger charge is -2.40. The number of hydrogen-bond donors (Lipinski definition) is 1. The molecule has 1 amide bonds. The zero-order valence-electron chi connectivity index (χ0n) is 11.4. The predicted molar refractivity (Wildman–Crippen MR) is 79.3 cm³/mol. The molecule has 2 heterocycles. The lowest BCUT2D eigenvalue weighted by atomic mass is 9.93. The molecule has 1 aliphatic carbocycles. The number of halogens is 1. The Balaban J connectivity index is 1.67. The van der Waals surface area contributed by atoms with Crippen LogP contribution in [0.5, 0.6) is 0 Å². The third-order valence-corrected chi connectivity index (χ3v) is 5.30. The average molecular weight is 389 g/mol. The van der Waals surface area contributed by atoms with Crippen LogP contribution in [0.2, 0.25) is 0 Å². The Hall–Kier alpha value is -1.12. The molecule has 0 spiro atoms. The third-order valence-electron chi connectivity index (χ3n) is 4.20. The molecule has 3 rings (SSSR count). The van der Waals surface area contributed by atoms with Crippen molar-refractivity contribution in [2.24, 2.45) is 5.41 Å². The van der Waals surface area contributed by atoms with Gasteiger partial charge in [0.15, 0.2) is 5.69 Å². The second-order valence-electron chi connectivity index (χ2n) is 5.76. The Morgan fingerprint density at radius 3 is 2.65 bits per heavy atom. The molecule has 0 unspecified atom stereocenters. The van der Waals surface area contributed by atoms with Crippen LogP contribution < -0.4 is 0 Å². The normalized spacial score (nSPS) is 20.4. The van der Waals surface area contributed by atoms with Gasteiger partial charge in [-0.25, -0.2) is 4.79 Å². The van der Waals surface area contributed by atoms with E-state index in [-0.39, 0.29) is 17.2 Å². The summed E-state index contributed by atoms with van der Waals surface area (Å²) in [6, 6.07) is 0. The molecule has 1 aromatic heterocycles. The van der Waals surface area contributed by atoms with E-state index >= 15 is 0 Å². The van der Waals surface area contributed by atoms with Crippen molar-refractivity contribution in [3.63, 3.8) is 0 Å². The number of aromatic nitrogens is 2. The molecule has 2 aliphatic rings. The number of ether oxygens (including phenoxy) is 1. The predicted octanol–water partition coefficient (Wildman–Crippen LogP) is 1.53. The van der Waals surface area contributed by atoms with E-state index in [1.54, 1.807) is 0 Å². The minimum Gasteiger partial charge on any atom is -0.464 e. The summed E-state index contributed by atoms with van der Waals surface area (Å²) in [4.78, 5) is 25.6. The molecule has 6 nitrogen and oxygen atoms in total. The van der Waals surface area contributed by atoms with Crippen molar-refractivity contribution in [2.45, 2.75) is 25.7 Å². The van der Waals surface area contributed by atoms with E-state index in [2.05, 4.69) is 37.5 Å². The summed E-state index contributed by atoms with van der Waals surface area (Å²) in [5, 5.41) is 6.92. The lowest BCUT2D eigenvalue weighted by Crippen LogP contribution is -2.51. The van der Waals surface area contributed by atoms with Crippen molar-refractivity contribution in [3.05, 3.63) is 15.0 Å². The highest BCUT2D eigenvalue weighted by Gasteiger charge is 2.50. The molecule has 1 saturated carbocycles. The SMILES string of the molecule is COC(=O)c1n[nH]c(C2CN(C(=O)C3(C)CC3)C2)c1I. The Kier molecular flexibility index (Phi) is 3.26. The molecule has 2 fully saturated rings. The maximum Gasteiger partial charge on any atom is 0.359 e. The summed E-state index contributed by atoms with van der Waals surface area (Å²) in [5.41, 5.74) is 1.14. The first kappa shape index (κ1) is 13.8. The fourth-order valence-corrected chi connectivity index (χ4v) is 3.36. The van der Waals surface area contributed by atoms with Crippen LogP contribution in [0.1, 0.15) is 41.9 Å². The first-order valence-electron chi connectivity index (χ1n) is 6.58. The lowest BCUT2D eigenvalue weighted by molar-refractivity contribution is -0.141. The average Bonchev–Trinajstić information content (AvgIpc) is 3.03. The summed E-state index contributed by atoms with van der Waals surface area (Å²) in [5.74, 6) is 0.0604. The van der Waals surface area contributed by atoms with Crippen LogP contribution in [0.15, 0.2) is 0 Å². The number of H-pyrrole nitrogens is 1. The maximum absolute atomic E-state index is 12.2. The molecule has 0 aromatic carbocycles. The molecular formula is C13H16IN3O3. The van der Waals surface area contributed by atoms with Gasteiger partial charge in [0.25, 0.3) is 0 Å². The van der Waals surface area contributed by atoms with Crippen LogP contribution in [0.4, 0.5) is 0 Å². The Bertz CT molecular complexity index is 573. The number of carbonyl (C=O) groups excluding carboxylic acids is 2. The van der Waals surface area contributed by atoms with E-state index in [1.807, 2.05) is 11.8 Å². The molecule has 0 bridgehead atoms. The number of hydrogen-bond acceptors (Lipinski definition) is 4. The molecule has 20 heavy (non-hydrogen) atoms. The van der Waals surface area contributed by atoms with Crippen LogP contribution in [-0.2, 0) is 9.53 Å². The molecule has 7 heteroatoms. The highest BCUT2D eigenvalue weighted by atomic mass is 127. The molecule has 1 saturated heterocycles. The second-order valence-corrected chi connectivity index (χ2v) is 6.84. The fraction of sp³-hybridized carbons (Fsp3) is 0.615. The summed E-state index contributed by atoms with van der Waals surface area (Å²) in [7, 11) is 1.34. The summed E-state index contributed by atoms with van der Waals surface area (Å²) in [6.07, 6.45) is 2.00. The third kappa shape index (κ3) is 2.11. The quantitative estimate of drug-likeness (QED) is 0.629. The van der Waals surface area contributed by atoms with Crippen LogP contribution in [-0.4, -0.2) is 47.2 Å². The van der Waals surface area contributed by atoms with Gasteiger partial charge in [-0.15, -0.1) is 0 Å². The summed E-state index contributed by atoms with van der Waals surface area (Å²) in [6.45, 7) is 3.43. The number of amides is 1. The molecule has 1 aromatic rings. The van der Waals surface area contributed by atoms with Gasteiger partial charge in [-0.1, -0.05) is 6.92 Å². The number of esters is 1. The minimum absolute atomic E-state index is 0.108. The van der Waals surface area contributed by atoms with Crippen LogP contribution in [0.3, 0.4) is 0 Å². The fourth-order valence-electron chi connectivity index (χ4n) is 2.45. The number of methoxy groups -OCH3 is 1. The van der Waals surface area contributed by atoms with E-state index < -0.39 is 5.97 Å². The van der Waals surface area contributed by atoms with Crippen molar-refractivity contribution in [1.29, 1.82) is 0 Å². The highest BCUT2D eigenvalue weighted by Crippen LogP contribution is 2.48. The smallest absolute Gasteiger partial charge is 0.359 e. The van der Waals surface area contributed by atoms with E-state index in [1.165, 1.54) is 7.11 Å². The van der Waals surface area contributed by atoms with Gasteiger partial charge < -0.3 is 9.64 Å². The molecular weight excluding hydrogens is 373 g/mol. The molecule has 0 radical (unpaired) electrons. The van der Waals surface area contributed by atoms with E-state index in [4.69, 9.17) is 0 Å². The molecule has 1 N–H and O–H groups in total. The van der Waals surface area contributed by atoms with E-state index in [9.17, 15) is 9.59 Å². The van der Waals surface area contributed by atoms with E-state index in [0.29, 0.717) is 18.8 Å². The largest absolute Gasteiger partial charge is 0.464 e. The zero-order chi connectivity index (χ0) is 14.5. The second kappa shape index (κ2) is 4.71. The van der Waals surface area contributed by atoms with Gasteiger partial charge in [0, 0.05) is 24.4 Å². The Labute approximate surface area is 130 Å². The number of nitrogens with one attached hydrogen (secondary N) is 1. The van der Waals surface area contributed by atoms with Gasteiger partial charge >= 0.3 is 5.97 Å². The van der Waals surface area contributed by atoms with Crippen molar-refractivity contribution >= 4 is 34.5 Å². The monoisotopic (exact) mass is 389 g/mol. The van der Waals surface area contributed by atoms with Crippen LogP contribution in [0.25, 0.3) is 0 Å². The zero-order valence-corrected chi connectivity index (χ0v) is 13.6. The first-order chi connectivity index (χ1) is 9.46. The summed E-state index contributed by atoms with van der Waals surface area (Å²) < 4.78 is 5.48. The van der Waals surface area contributed by atoms with Gasteiger partial charge in [-0.3, -0.25) is 9.89 Å². The van der Waals surface area contributed by atoms with Gasteiger partial charge in [0.1, 0.15) is 0 Å². The van der Waals surface area contributed by atoms with Gasteiger partial charge in [0.05, 0.1) is 16.4 Å². The number of nitrogens with zero attached hydrogens (tertiary/aromatic N) is 2. The van der Waals surface area contributed by atoms with Crippen LogP contribution >= 0.6 is 22.6 Å². The summed E-state index contributed by atoms with van der Waals surface area (Å²) >= 11 is 2.10. The van der Waals surface area contributed by atoms with Crippen molar-refractivity contribution in [3.8, 4) is 0 Å². The van der Waals surface area contributed by atoms with Gasteiger partial charge in [-0.2, -0.15) is 5.10 Å². The molecule has 0 atom stereocenters. The van der Waals surface area contributed by atoms with Crippen molar-refractivity contribution in [2.75, 3.05) is 20.2 Å². The number of aromatic amines is 1. The van der Waals surface area contributed by atoms with Crippen molar-refractivity contribution < 1.29 is 14.3 Å². The topological polar surface area (TPSA) is 75.3 Å². The van der Waals surface area contributed by atoms with Gasteiger partial charge in [0.2, 0.25) is 5.91 Å². The highest BCUT2D eigenvalue weighted by molar-refractivity contribution is 14.1. The van der Waals surface area contributed by atoms with Crippen LogP contribution in [0, 0.1) is 8.99 Å². The number of carbonyl (C=O) groups is 2.